The molecule has 7 heteroatoms. The fourth-order valence-electron chi connectivity index (χ4n) is 1.08. The highest BCUT2D eigenvalue weighted by Gasteiger charge is 2.14. The van der Waals surface area contributed by atoms with Crippen LogP contribution < -0.4 is 5.32 Å². The number of hydrogen-bond acceptors (Lipinski definition) is 5. The van der Waals surface area contributed by atoms with Crippen LogP contribution in [0, 0.1) is 22.5 Å². The first kappa shape index (κ1) is 13.6. The van der Waals surface area contributed by atoms with Gasteiger partial charge in [-0.15, -0.1) is 18.2 Å². The molecule has 0 amide bonds. The van der Waals surface area contributed by atoms with E-state index in [1.807, 2.05) is 0 Å². The zero-order chi connectivity index (χ0) is 12.7. The van der Waals surface area contributed by atoms with E-state index < -0.39 is 4.92 Å². The fourth-order valence-corrected chi connectivity index (χ4v) is 1.73. The molecule has 5 nitrogen and oxygen atoms in total. The van der Waals surface area contributed by atoms with E-state index in [1.54, 1.807) is 11.8 Å². The molecule has 0 radical (unpaired) electrons. The van der Waals surface area contributed by atoms with Crippen LogP contribution in [0.2, 0.25) is 5.15 Å². The number of rotatable bonds is 6. The molecular formula is C10H10ClN3O2S. The third-order valence-electron chi connectivity index (χ3n) is 1.76. The second kappa shape index (κ2) is 6.99. The molecule has 17 heavy (non-hydrogen) atoms. The second-order valence-corrected chi connectivity index (χ2v) is 4.43. The molecule has 1 aromatic heterocycles. The van der Waals surface area contributed by atoms with Crippen LogP contribution in [0.15, 0.2) is 12.1 Å². The lowest BCUT2D eigenvalue weighted by Gasteiger charge is -2.05. The summed E-state index contributed by atoms with van der Waals surface area (Å²) in [6.45, 7) is 0.542. The van der Waals surface area contributed by atoms with Crippen molar-refractivity contribution in [2.24, 2.45) is 0 Å². The highest BCUT2D eigenvalue weighted by molar-refractivity contribution is 7.99. The van der Waals surface area contributed by atoms with Gasteiger partial charge in [-0.2, -0.15) is 0 Å². The maximum atomic E-state index is 10.7. The largest absolute Gasteiger partial charge is 0.363 e. The van der Waals surface area contributed by atoms with Gasteiger partial charge >= 0.3 is 5.69 Å². The highest BCUT2D eigenvalue weighted by Crippen LogP contribution is 2.23. The summed E-state index contributed by atoms with van der Waals surface area (Å²) in [5.74, 6) is 4.04. The summed E-state index contributed by atoms with van der Waals surface area (Å²) in [5, 5.41) is 13.8. The fraction of sp³-hybridized carbons (Fsp3) is 0.300. The molecule has 0 aliphatic rings. The predicted octanol–water partition coefficient (Wildman–Crippen LogP) is 2.42. The summed E-state index contributed by atoms with van der Waals surface area (Å²) in [4.78, 5) is 14.1. The topological polar surface area (TPSA) is 68.1 Å². The molecule has 0 spiro atoms. The molecule has 0 aliphatic carbocycles. The van der Waals surface area contributed by atoms with Gasteiger partial charge in [-0.25, -0.2) is 4.98 Å². The Balaban J connectivity index is 2.60. The van der Waals surface area contributed by atoms with E-state index in [-0.39, 0.29) is 16.7 Å². The lowest BCUT2D eigenvalue weighted by atomic mass is 10.4. The normalized spacial score (nSPS) is 9.65. The van der Waals surface area contributed by atoms with Gasteiger partial charge in [0.15, 0.2) is 0 Å². The number of nitrogens with one attached hydrogen (secondary N) is 1. The van der Waals surface area contributed by atoms with Crippen LogP contribution in [0.4, 0.5) is 11.5 Å². The third kappa shape index (κ3) is 4.51. The van der Waals surface area contributed by atoms with E-state index in [2.05, 4.69) is 16.2 Å². The van der Waals surface area contributed by atoms with Crippen LogP contribution in [-0.4, -0.2) is 28.0 Å². The lowest BCUT2D eigenvalue weighted by molar-refractivity contribution is -0.384. The molecule has 1 rings (SSSR count). The van der Waals surface area contributed by atoms with Gasteiger partial charge in [0.25, 0.3) is 0 Å². The second-order valence-electron chi connectivity index (χ2n) is 2.94. The predicted molar refractivity (Wildman–Crippen MR) is 70.5 cm³/mol. The van der Waals surface area contributed by atoms with Crippen LogP contribution in [0.3, 0.4) is 0 Å². The van der Waals surface area contributed by atoms with Gasteiger partial charge in [-0.3, -0.25) is 10.1 Å². The van der Waals surface area contributed by atoms with Crippen molar-refractivity contribution in [3.05, 3.63) is 27.4 Å². The van der Waals surface area contributed by atoms with Crippen molar-refractivity contribution < 1.29 is 4.92 Å². The molecule has 0 saturated heterocycles. The minimum atomic E-state index is -0.500. The average molecular weight is 272 g/mol. The molecule has 1 N–H and O–H groups in total. The van der Waals surface area contributed by atoms with Crippen LogP contribution in [-0.2, 0) is 0 Å². The first-order valence-corrected chi connectivity index (χ1v) is 6.24. The molecule has 1 heterocycles. The molecule has 0 fully saturated rings. The number of terminal acetylenes is 1. The number of aromatic nitrogens is 1. The molecular weight excluding hydrogens is 262 g/mol. The molecule has 0 unspecified atom stereocenters. The molecule has 1 aromatic rings. The zero-order valence-electron chi connectivity index (χ0n) is 8.85. The number of nitrogens with zero attached hydrogens (tertiary/aromatic N) is 2. The monoisotopic (exact) mass is 271 g/mol. The van der Waals surface area contributed by atoms with Gasteiger partial charge in [0.2, 0.25) is 5.82 Å². The lowest BCUT2D eigenvalue weighted by Crippen LogP contribution is -2.08. The Kier molecular flexibility index (Phi) is 5.60. The Morgan fingerprint density at radius 2 is 2.41 bits per heavy atom. The zero-order valence-corrected chi connectivity index (χ0v) is 10.4. The van der Waals surface area contributed by atoms with Gasteiger partial charge in [-0.1, -0.05) is 17.5 Å². The summed E-state index contributed by atoms with van der Waals surface area (Å²) in [6.07, 6.45) is 5.10. The first-order valence-electron chi connectivity index (χ1n) is 4.71. The maximum absolute atomic E-state index is 10.7. The summed E-state index contributed by atoms with van der Waals surface area (Å²) in [6, 6.07) is 2.71. The third-order valence-corrected chi connectivity index (χ3v) is 2.83. The van der Waals surface area contributed by atoms with Crippen molar-refractivity contribution >= 4 is 34.9 Å². The van der Waals surface area contributed by atoms with E-state index in [1.165, 1.54) is 12.1 Å². The number of anilines is 1. The van der Waals surface area contributed by atoms with Crippen molar-refractivity contribution in [1.29, 1.82) is 0 Å². The van der Waals surface area contributed by atoms with Gasteiger partial charge in [0, 0.05) is 18.4 Å². The Morgan fingerprint density at radius 3 is 3.06 bits per heavy atom. The van der Waals surface area contributed by atoms with Crippen LogP contribution in [0.5, 0.6) is 0 Å². The number of hydrogen-bond donors (Lipinski definition) is 1. The van der Waals surface area contributed by atoms with Crippen molar-refractivity contribution in [3.8, 4) is 12.3 Å². The Bertz CT molecular complexity index is 448. The molecule has 0 atom stereocenters. The van der Waals surface area contributed by atoms with Crippen LogP contribution in [0.1, 0.15) is 0 Å². The van der Waals surface area contributed by atoms with Crippen molar-refractivity contribution in [2.75, 3.05) is 23.4 Å². The number of nitro groups is 1. The van der Waals surface area contributed by atoms with Crippen molar-refractivity contribution in [1.82, 2.24) is 4.98 Å². The van der Waals surface area contributed by atoms with Crippen LogP contribution >= 0.6 is 23.4 Å². The molecule has 0 bridgehead atoms. The summed E-state index contributed by atoms with van der Waals surface area (Å²) in [7, 11) is 0. The van der Waals surface area contributed by atoms with Crippen LogP contribution in [0.25, 0.3) is 0 Å². The molecule has 90 valence electrons. The van der Waals surface area contributed by atoms with E-state index in [9.17, 15) is 10.1 Å². The highest BCUT2D eigenvalue weighted by atomic mass is 35.5. The van der Waals surface area contributed by atoms with E-state index in [0.29, 0.717) is 12.3 Å². The van der Waals surface area contributed by atoms with Gasteiger partial charge in [0.05, 0.1) is 10.7 Å². The minimum absolute atomic E-state index is 0.0867. The summed E-state index contributed by atoms with van der Waals surface area (Å²) >= 11 is 7.24. The van der Waals surface area contributed by atoms with Gasteiger partial charge in [0.1, 0.15) is 5.15 Å². The van der Waals surface area contributed by atoms with E-state index >= 15 is 0 Å². The standard InChI is InChI=1S/C10H10ClN3O2S/c1-2-6-17-7-5-12-10-8(14(15)16)3-4-9(11)13-10/h1,3-4H,5-7H2,(H,12,13). The van der Waals surface area contributed by atoms with Gasteiger partial charge < -0.3 is 5.32 Å². The molecule has 0 aliphatic heterocycles. The Hall–Kier alpha value is -1.45. The van der Waals surface area contributed by atoms with Crippen molar-refractivity contribution in [3.63, 3.8) is 0 Å². The minimum Gasteiger partial charge on any atom is -0.363 e. The Labute approximate surface area is 108 Å². The summed E-state index contributed by atoms with van der Waals surface area (Å²) in [5.41, 5.74) is -0.0867. The number of halogens is 1. The quantitative estimate of drug-likeness (QED) is 0.283. The number of pyridine rings is 1. The number of thioether (sulfide) groups is 1. The summed E-state index contributed by atoms with van der Waals surface area (Å²) < 4.78 is 0. The maximum Gasteiger partial charge on any atom is 0.311 e. The smallest absolute Gasteiger partial charge is 0.311 e. The van der Waals surface area contributed by atoms with E-state index in [0.717, 1.165) is 5.75 Å². The molecule has 0 saturated carbocycles. The Morgan fingerprint density at radius 1 is 1.65 bits per heavy atom. The SMILES string of the molecule is C#CCSCCNc1nc(Cl)ccc1[N+](=O)[O-]. The molecule has 0 aromatic carbocycles. The van der Waals surface area contributed by atoms with Crippen molar-refractivity contribution in [2.45, 2.75) is 0 Å². The first-order chi connectivity index (χ1) is 8.15. The van der Waals surface area contributed by atoms with E-state index in [4.69, 9.17) is 18.0 Å². The average Bonchev–Trinajstić information content (AvgIpc) is 2.28. The van der Waals surface area contributed by atoms with Gasteiger partial charge in [-0.05, 0) is 6.07 Å².